The van der Waals surface area contributed by atoms with Gasteiger partial charge in [0.2, 0.25) is 5.91 Å². The Morgan fingerprint density at radius 2 is 2.12 bits per heavy atom. The van der Waals surface area contributed by atoms with Crippen molar-refractivity contribution in [3.05, 3.63) is 47.3 Å². The number of carbonyl (C=O) groups is 2. The summed E-state index contributed by atoms with van der Waals surface area (Å²) in [6.45, 7) is 1.84. The third-order valence-corrected chi connectivity index (χ3v) is 5.22. The first kappa shape index (κ1) is 16.8. The molecule has 1 aromatic heterocycles. The van der Waals surface area contributed by atoms with Crippen LogP contribution in [0, 0.1) is 0 Å². The van der Waals surface area contributed by atoms with Crippen LogP contribution in [0.5, 0.6) is 0 Å². The molecule has 2 aliphatic heterocycles. The van der Waals surface area contributed by atoms with Crippen molar-refractivity contribution in [2.75, 3.05) is 18.4 Å². The van der Waals surface area contributed by atoms with Crippen LogP contribution < -0.4 is 16.0 Å². The molecule has 3 heterocycles. The van der Waals surface area contributed by atoms with Crippen LogP contribution in [0.1, 0.15) is 46.8 Å². The van der Waals surface area contributed by atoms with Crippen molar-refractivity contribution < 1.29 is 9.59 Å². The van der Waals surface area contributed by atoms with Gasteiger partial charge in [0.05, 0.1) is 17.5 Å². The zero-order chi connectivity index (χ0) is 17.9. The minimum absolute atomic E-state index is 0.173. The number of anilines is 1. The minimum Gasteiger partial charge on any atom is -0.340 e. The molecule has 0 saturated carbocycles. The van der Waals surface area contributed by atoms with Crippen molar-refractivity contribution in [1.82, 2.24) is 20.8 Å². The fourth-order valence-corrected chi connectivity index (χ4v) is 3.77. The summed E-state index contributed by atoms with van der Waals surface area (Å²) in [6, 6.07) is 7.20. The van der Waals surface area contributed by atoms with Crippen molar-refractivity contribution in [1.29, 1.82) is 0 Å². The molecule has 4 N–H and O–H groups in total. The van der Waals surface area contributed by atoms with Gasteiger partial charge < -0.3 is 16.0 Å². The maximum atomic E-state index is 12.8. The molecular weight excluding hydrogens is 330 g/mol. The molecular formula is C19H23N5O2. The van der Waals surface area contributed by atoms with Gasteiger partial charge in [-0.25, -0.2) is 0 Å². The molecule has 0 aliphatic carbocycles. The van der Waals surface area contributed by atoms with E-state index in [0.717, 1.165) is 49.3 Å². The summed E-state index contributed by atoms with van der Waals surface area (Å²) in [5, 5.41) is 16.2. The zero-order valence-corrected chi connectivity index (χ0v) is 14.5. The van der Waals surface area contributed by atoms with Gasteiger partial charge in [-0.05, 0) is 43.9 Å². The van der Waals surface area contributed by atoms with Crippen LogP contribution in [0.15, 0.2) is 30.5 Å². The fourth-order valence-electron chi connectivity index (χ4n) is 3.77. The monoisotopic (exact) mass is 353 g/mol. The van der Waals surface area contributed by atoms with Crippen molar-refractivity contribution in [2.24, 2.45) is 0 Å². The van der Waals surface area contributed by atoms with Gasteiger partial charge in [-0.15, -0.1) is 0 Å². The Hall–Kier alpha value is -2.67. The van der Waals surface area contributed by atoms with Crippen LogP contribution in [0.3, 0.4) is 0 Å². The molecule has 0 spiro atoms. The smallest absolute Gasteiger partial charge is 0.255 e. The Bertz CT molecular complexity index is 810. The number of benzene rings is 1. The highest BCUT2D eigenvalue weighted by Gasteiger charge is 2.28. The van der Waals surface area contributed by atoms with E-state index in [1.54, 1.807) is 6.20 Å². The number of H-pyrrole nitrogens is 1. The number of hydrogen-bond donors (Lipinski definition) is 4. The number of carbonyl (C=O) groups excluding carboxylic acids is 2. The average Bonchev–Trinajstić information content (AvgIpc) is 3.11. The van der Waals surface area contributed by atoms with Gasteiger partial charge in [0.1, 0.15) is 6.04 Å². The lowest BCUT2D eigenvalue weighted by atomic mass is 9.93. The largest absolute Gasteiger partial charge is 0.340 e. The second-order valence-electron chi connectivity index (χ2n) is 6.95. The number of nitrogens with one attached hydrogen (secondary N) is 4. The summed E-state index contributed by atoms with van der Waals surface area (Å²) in [7, 11) is 0. The van der Waals surface area contributed by atoms with E-state index in [2.05, 4.69) is 26.1 Å². The molecule has 1 saturated heterocycles. The highest BCUT2D eigenvalue weighted by Crippen LogP contribution is 2.25. The number of piperidine rings is 1. The summed E-state index contributed by atoms with van der Waals surface area (Å²) in [6.07, 6.45) is 4.97. The quantitative estimate of drug-likeness (QED) is 0.673. The summed E-state index contributed by atoms with van der Waals surface area (Å²) < 4.78 is 0. The molecule has 0 bridgehead atoms. The number of para-hydroxylation sites is 1. The Morgan fingerprint density at radius 3 is 2.96 bits per heavy atom. The predicted molar refractivity (Wildman–Crippen MR) is 98.1 cm³/mol. The van der Waals surface area contributed by atoms with E-state index in [4.69, 9.17) is 0 Å². The fraction of sp³-hybridized carbons (Fsp3) is 0.421. The van der Waals surface area contributed by atoms with Crippen LogP contribution in [0.4, 0.5) is 5.69 Å². The third-order valence-electron chi connectivity index (χ3n) is 5.22. The molecule has 1 aromatic carbocycles. The van der Waals surface area contributed by atoms with Gasteiger partial charge >= 0.3 is 0 Å². The number of rotatable bonds is 3. The number of aryl methyl sites for hydroxylation is 1. The maximum absolute atomic E-state index is 12.8. The molecule has 2 aliphatic rings. The normalized spacial score (nSPS) is 22.8. The van der Waals surface area contributed by atoms with Gasteiger partial charge in [-0.2, -0.15) is 5.10 Å². The number of aromatic nitrogens is 2. The van der Waals surface area contributed by atoms with Crippen molar-refractivity contribution in [2.45, 2.75) is 37.6 Å². The highest BCUT2D eigenvalue weighted by molar-refractivity contribution is 6.02. The SMILES string of the molecule is O=C(NC1CCc2ccccc2NC1=O)c1cn[nH]c1C1CCCNC1. The lowest BCUT2D eigenvalue weighted by molar-refractivity contribution is -0.118. The Morgan fingerprint density at radius 1 is 1.23 bits per heavy atom. The molecule has 7 nitrogen and oxygen atoms in total. The average molecular weight is 353 g/mol. The molecule has 7 heteroatoms. The van der Waals surface area contributed by atoms with E-state index in [0.29, 0.717) is 12.0 Å². The van der Waals surface area contributed by atoms with Gasteiger partial charge in [0, 0.05) is 18.2 Å². The van der Waals surface area contributed by atoms with E-state index in [1.165, 1.54) is 0 Å². The van der Waals surface area contributed by atoms with Crippen molar-refractivity contribution in [3.63, 3.8) is 0 Å². The Kier molecular flexibility index (Phi) is 4.71. The lowest BCUT2D eigenvalue weighted by Crippen LogP contribution is -2.43. The summed E-state index contributed by atoms with van der Waals surface area (Å²) in [4.78, 5) is 25.3. The number of nitrogens with zero attached hydrogens (tertiary/aromatic N) is 1. The van der Waals surface area contributed by atoms with Gasteiger partial charge in [-0.1, -0.05) is 18.2 Å². The standard InChI is InChI=1S/C19H23N5O2/c25-18(14-11-21-24-17(14)13-5-3-9-20-10-13)23-16-8-7-12-4-1-2-6-15(12)22-19(16)26/h1-2,4,6,11,13,16,20H,3,5,7-10H2,(H,21,24)(H,22,26)(H,23,25). The number of amides is 2. The first-order chi connectivity index (χ1) is 12.7. The molecule has 2 aromatic rings. The van der Waals surface area contributed by atoms with Crippen molar-refractivity contribution >= 4 is 17.5 Å². The highest BCUT2D eigenvalue weighted by atomic mass is 16.2. The number of fused-ring (bicyclic) bond motifs is 1. The first-order valence-electron chi connectivity index (χ1n) is 9.16. The Labute approximate surface area is 151 Å². The van der Waals surface area contributed by atoms with E-state index in [-0.39, 0.29) is 17.7 Å². The molecule has 136 valence electrons. The third kappa shape index (κ3) is 3.35. The second kappa shape index (κ2) is 7.29. The van der Waals surface area contributed by atoms with Crippen molar-refractivity contribution in [3.8, 4) is 0 Å². The summed E-state index contributed by atoms with van der Waals surface area (Å²) in [5.41, 5.74) is 3.31. The Balaban J connectivity index is 1.47. The molecule has 2 atom stereocenters. The number of hydrogen-bond acceptors (Lipinski definition) is 4. The first-order valence-corrected chi connectivity index (χ1v) is 9.16. The van der Waals surface area contributed by atoms with Crippen LogP contribution in [-0.2, 0) is 11.2 Å². The van der Waals surface area contributed by atoms with Crippen LogP contribution in [-0.4, -0.2) is 41.1 Å². The molecule has 26 heavy (non-hydrogen) atoms. The second-order valence-corrected chi connectivity index (χ2v) is 6.95. The summed E-state index contributed by atoms with van der Waals surface area (Å²) in [5.74, 6) is -0.169. The topological polar surface area (TPSA) is 98.9 Å². The molecule has 4 rings (SSSR count). The van der Waals surface area contributed by atoms with Gasteiger partial charge in [0.25, 0.3) is 5.91 Å². The summed E-state index contributed by atoms with van der Waals surface area (Å²) >= 11 is 0. The number of aromatic amines is 1. The molecule has 1 fully saturated rings. The van der Waals surface area contributed by atoms with E-state index in [9.17, 15) is 9.59 Å². The van der Waals surface area contributed by atoms with E-state index < -0.39 is 6.04 Å². The molecule has 2 amide bonds. The van der Waals surface area contributed by atoms with Gasteiger partial charge in [0.15, 0.2) is 0 Å². The van der Waals surface area contributed by atoms with E-state index >= 15 is 0 Å². The van der Waals surface area contributed by atoms with E-state index in [1.807, 2.05) is 24.3 Å². The zero-order valence-electron chi connectivity index (χ0n) is 14.5. The van der Waals surface area contributed by atoms with Gasteiger partial charge in [-0.3, -0.25) is 14.7 Å². The van der Waals surface area contributed by atoms with Crippen LogP contribution >= 0.6 is 0 Å². The van der Waals surface area contributed by atoms with Crippen LogP contribution in [0.2, 0.25) is 0 Å². The van der Waals surface area contributed by atoms with Crippen LogP contribution in [0.25, 0.3) is 0 Å². The maximum Gasteiger partial charge on any atom is 0.255 e. The molecule has 0 radical (unpaired) electrons. The molecule has 2 unspecified atom stereocenters. The predicted octanol–water partition coefficient (Wildman–Crippen LogP) is 1.56. The lowest BCUT2D eigenvalue weighted by Gasteiger charge is -2.23. The minimum atomic E-state index is -0.554.